The molecule has 0 amide bonds. The Hall–Kier alpha value is -2.66. The van der Waals surface area contributed by atoms with Gasteiger partial charge in [0.05, 0.1) is 25.1 Å². The first-order valence-corrected chi connectivity index (χ1v) is 6.27. The summed E-state index contributed by atoms with van der Waals surface area (Å²) in [6.45, 7) is -0.444. The van der Waals surface area contributed by atoms with Crippen LogP contribution >= 0.6 is 0 Å². The van der Waals surface area contributed by atoms with E-state index in [0.717, 1.165) is 0 Å². The number of hydrogen-bond donors (Lipinski definition) is 4. The van der Waals surface area contributed by atoms with E-state index in [2.05, 4.69) is 25.0 Å². The Morgan fingerprint density at radius 2 is 2.41 bits per heavy atom. The molecule has 0 unspecified atom stereocenters. The molecular formula is C10H12N8O4. The Bertz CT molecular complexity index is 809. The average Bonchev–Trinajstić information content (AvgIpc) is 3.02. The van der Waals surface area contributed by atoms with Gasteiger partial charge in [0.15, 0.2) is 17.4 Å². The van der Waals surface area contributed by atoms with Gasteiger partial charge >= 0.3 is 0 Å². The summed E-state index contributed by atoms with van der Waals surface area (Å²) in [5, 5.41) is 23.0. The third kappa shape index (κ3) is 2.07. The van der Waals surface area contributed by atoms with Crippen LogP contribution in [0.2, 0.25) is 0 Å². The summed E-state index contributed by atoms with van der Waals surface area (Å²) in [6.07, 6.45) is -1.89. The van der Waals surface area contributed by atoms with Crippen LogP contribution in [-0.4, -0.2) is 54.6 Å². The maximum absolute atomic E-state index is 11.7. The van der Waals surface area contributed by atoms with E-state index >= 15 is 0 Å². The zero-order valence-corrected chi connectivity index (χ0v) is 11.1. The number of hydrogen-bond acceptors (Lipinski definition) is 8. The lowest BCUT2D eigenvalue weighted by molar-refractivity contribution is -0.0488. The number of nitrogens with two attached hydrogens (primary N) is 1. The largest absolute Gasteiger partial charge is 0.394 e. The number of rotatable bonds is 3. The Labute approximate surface area is 121 Å². The minimum atomic E-state index is -1.24. The summed E-state index contributed by atoms with van der Waals surface area (Å²) in [4.78, 5) is 24.5. The molecule has 116 valence electrons. The number of nitrogens with one attached hydrogen (secondary N) is 1. The average molecular weight is 308 g/mol. The van der Waals surface area contributed by atoms with E-state index in [4.69, 9.17) is 16.0 Å². The molecule has 2 aromatic rings. The normalized spacial score (nSPS) is 27.9. The molecule has 1 saturated heterocycles. The maximum Gasteiger partial charge on any atom is 0.280 e. The molecule has 0 aliphatic carbocycles. The number of aromatic nitrogens is 4. The number of imidazole rings is 1. The zero-order chi connectivity index (χ0) is 15.9. The number of fused-ring (bicyclic) bond motifs is 1. The van der Waals surface area contributed by atoms with Gasteiger partial charge in [-0.15, -0.1) is 0 Å². The van der Waals surface area contributed by atoms with Crippen molar-refractivity contribution in [3.63, 3.8) is 0 Å². The number of anilines is 1. The van der Waals surface area contributed by atoms with Crippen LogP contribution in [0.1, 0.15) is 6.23 Å². The highest BCUT2D eigenvalue weighted by atomic mass is 16.5. The van der Waals surface area contributed by atoms with Crippen LogP contribution in [0.15, 0.2) is 16.2 Å². The lowest BCUT2D eigenvalue weighted by Gasteiger charge is -2.16. The van der Waals surface area contributed by atoms with Gasteiger partial charge in [0, 0.05) is 4.91 Å². The van der Waals surface area contributed by atoms with Gasteiger partial charge < -0.3 is 20.7 Å². The van der Waals surface area contributed by atoms with E-state index in [1.54, 1.807) is 0 Å². The van der Waals surface area contributed by atoms with E-state index < -0.39 is 36.6 Å². The number of aliphatic hydroxyl groups excluding tert-OH is 2. The van der Waals surface area contributed by atoms with Crippen molar-refractivity contribution in [3.8, 4) is 0 Å². The highest BCUT2D eigenvalue weighted by Gasteiger charge is 2.44. The summed E-state index contributed by atoms with van der Waals surface area (Å²) in [5.41, 5.74) is 13.6. The van der Waals surface area contributed by atoms with Gasteiger partial charge in [-0.2, -0.15) is 4.98 Å². The Kier molecular flexibility index (Phi) is 3.42. The molecule has 3 heterocycles. The number of azide groups is 1. The number of aliphatic hydroxyl groups is 2. The van der Waals surface area contributed by atoms with Crippen molar-refractivity contribution in [2.75, 3.05) is 12.3 Å². The second kappa shape index (κ2) is 5.27. The number of nitrogens with zero attached hydrogens (tertiary/aromatic N) is 6. The molecule has 4 atom stereocenters. The van der Waals surface area contributed by atoms with Crippen molar-refractivity contribution in [1.29, 1.82) is 0 Å². The van der Waals surface area contributed by atoms with E-state index in [0.29, 0.717) is 0 Å². The van der Waals surface area contributed by atoms with Crippen LogP contribution in [0.25, 0.3) is 21.6 Å². The molecule has 0 radical (unpaired) electrons. The fourth-order valence-corrected chi connectivity index (χ4v) is 2.44. The van der Waals surface area contributed by atoms with E-state index in [1.807, 2.05) is 0 Å². The highest BCUT2D eigenvalue weighted by Crippen LogP contribution is 2.32. The molecule has 3 rings (SSSR count). The summed E-state index contributed by atoms with van der Waals surface area (Å²) < 4.78 is 6.79. The van der Waals surface area contributed by atoms with E-state index in [9.17, 15) is 15.0 Å². The number of aromatic amines is 1. The SMILES string of the molecule is [N-]=[N+]=N[C@H]1[C@@H](O)[C@H](n2cnc3c(=O)[nH]c(N)nc32)O[C@@H]1CO. The van der Waals surface area contributed by atoms with Gasteiger partial charge in [0.1, 0.15) is 6.10 Å². The molecule has 0 spiro atoms. The monoisotopic (exact) mass is 308 g/mol. The van der Waals surface area contributed by atoms with Crippen molar-refractivity contribution in [3.05, 3.63) is 27.1 Å². The van der Waals surface area contributed by atoms with Crippen molar-refractivity contribution in [2.24, 2.45) is 5.11 Å². The third-order valence-corrected chi connectivity index (χ3v) is 3.43. The quantitative estimate of drug-likeness (QED) is 0.305. The topological polar surface area (TPSA) is 188 Å². The molecule has 22 heavy (non-hydrogen) atoms. The second-order valence-electron chi connectivity index (χ2n) is 4.71. The minimum absolute atomic E-state index is 0.0257. The smallest absolute Gasteiger partial charge is 0.280 e. The number of nitrogen functional groups attached to an aromatic ring is 1. The van der Waals surface area contributed by atoms with Crippen molar-refractivity contribution >= 4 is 17.1 Å². The highest BCUT2D eigenvalue weighted by molar-refractivity contribution is 5.70. The summed E-state index contributed by atoms with van der Waals surface area (Å²) >= 11 is 0. The molecule has 0 aromatic carbocycles. The van der Waals surface area contributed by atoms with Gasteiger partial charge in [-0.25, -0.2) is 4.98 Å². The van der Waals surface area contributed by atoms with E-state index in [-0.39, 0.29) is 17.1 Å². The molecule has 0 saturated carbocycles. The summed E-state index contributed by atoms with van der Waals surface area (Å²) in [6, 6.07) is -0.975. The second-order valence-corrected chi connectivity index (χ2v) is 4.71. The van der Waals surface area contributed by atoms with E-state index in [1.165, 1.54) is 10.9 Å². The van der Waals surface area contributed by atoms with Crippen LogP contribution in [0.4, 0.5) is 5.95 Å². The van der Waals surface area contributed by atoms with Crippen LogP contribution < -0.4 is 11.3 Å². The fraction of sp³-hybridized carbons (Fsp3) is 0.500. The van der Waals surface area contributed by atoms with Gasteiger partial charge in [-0.3, -0.25) is 14.3 Å². The van der Waals surface area contributed by atoms with Crippen LogP contribution in [0, 0.1) is 0 Å². The van der Waals surface area contributed by atoms with Crippen molar-refractivity contribution in [2.45, 2.75) is 24.5 Å². The predicted molar refractivity (Wildman–Crippen MR) is 72.5 cm³/mol. The van der Waals surface area contributed by atoms with Crippen molar-refractivity contribution < 1.29 is 14.9 Å². The Morgan fingerprint density at radius 3 is 3.09 bits per heavy atom. The lowest BCUT2D eigenvalue weighted by atomic mass is 10.1. The summed E-state index contributed by atoms with van der Waals surface area (Å²) in [7, 11) is 0. The van der Waals surface area contributed by atoms with Crippen molar-refractivity contribution in [1.82, 2.24) is 19.5 Å². The standard InChI is InChI=1S/C10H12N8O4/c11-10-14-7-5(8(21)15-10)13-2-18(7)9-6(20)4(16-17-12)3(1-19)22-9/h2-4,6,9,19-20H,1H2,(H3,11,14,15,21)/t3-,4-,6-,9-/m1/s1. The van der Waals surface area contributed by atoms with Gasteiger partial charge in [0.25, 0.3) is 5.56 Å². The Morgan fingerprint density at radius 1 is 1.64 bits per heavy atom. The zero-order valence-electron chi connectivity index (χ0n) is 11.1. The third-order valence-electron chi connectivity index (χ3n) is 3.43. The molecule has 12 nitrogen and oxygen atoms in total. The molecule has 1 aliphatic rings. The maximum atomic E-state index is 11.7. The first-order chi connectivity index (χ1) is 10.6. The predicted octanol–water partition coefficient (Wildman–Crippen LogP) is -1.37. The first-order valence-electron chi connectivity index (χ1n) is 6.27. The Balaban J connectivity index is 2.08. The van der Waals surface area contributed by atoms with Gasteiger partial charge in [0.2, 0.25) is 5.95 Å². The van der Waals surface area contributed by atoms with Gasteiger partial charge in [-0.1, -0.05) is 5.11 Å². The molecule has 2 aromatic heterocycles. The molecule has 5 N–H and O–H groups in total. The fourth-order valence-electron chi connectivity index (χ4n) is 2.44. The first kappa shape index (κ1) is 14.3. The number of ether oxygens (including phenoxy) is 1. The van der Waals surface area contributed by atoms with Crippen LogP contribution in [0.3, 0.4) is 0 Å². The van der Waals surface area contributed by atoms with Crippen LogP contribution in [-0.2, 0) is 4.74 Å². The molecule has 12 heteroatoms. The molecule has 1 fully saturated rings. The molecule has 0 bridgehead atoms. The van der Waals surface area contributed by atoms with Crippen LogP contribution in [0.5, 0.6) is 0 Å². The molecular weight excluding hydrogens is 296 g/mol. The number of H-pyrrole nitrogens is 1. The molecule has 1 aliphatic heterocycles. The minimum Gasteiger partial charge on any atom is -0.394 e. The lowest BCUT2D eigenvalue weighted by Crippen LogP contribution is -2.31. The summed E-state index contributed by atoms with van der Waals surface area (Å²) in [5.74, 6) is -0.114. The van der Waals surface area contributed by atoms with Gasteiger partial charge in [-0.05, 0) is 5.53 Å².